The van der Waals surface area contributed by atoms with Crippen LogP contribution in [0.15, 0.2) is 24.4 Å². The third-order valence-electron chi connectivity index (χ3n) is 1.93. The molecule has 0 amide bonds. The van der Waals surface area contributed by atoms with Gasteiger partial charge in [-0.3, -0.25) is 4.98 Å². The van der Waals surface area contributed by atoms with Crippen LogP contribution < -0.4 is 0 Å². The molecular formula is C10H13N3. The van der Waals surface area contributed by atoms with Crippen LogP contribution in [0, 0.1) is 0 Å². The number of nitrogens with zero attached hydrogens (tertiary/aromatic N) is 2. The summed E-state index contributed by atoms with van der Waals surface area (Å²) in [5.41, 5.74) is 3.36. The monoisotopic (exact) mass is 175 g/mol. The Bertz CT molecular complexity index is 370. The molecule has 13 heavy (non-hydrogen) atoms. The molecule has 0 spiro atoms. The highest BCUT2D eigenvalue weighted by Gasteiger charge is 2.00. The van der Waals surface area contributed by atoms with Gasteiger partial charge in [0.1, 0.15) is 0 Å². The van der Waals surface area contributed by atoms with Crippen molar-refractivity contribution in [2.45, 2.75) is 6.54 Å². The number of aromatic amines is 1. The van der Waals surface area contributed by atoms with E-state index in [9.17, 15) is 0 Å². The molecular weight excluding hydrogens is 162 g/mol. The molecule has 2 aromatic rings. The van der Waals surface area contributed by atoms with Crippen LogP contribution in [0.3, 0.4) is 0 Å². The first-order chi connectivity index (χ1) is 6.25. The van der Waals surface area contributed by atoms with E-state index in [0.29, 0.717) is 0 Å². The van der Waals surface area contributed by atoms with Crippen molar-refractivity contribution in [2.75, 3.05) is 14.1 Å². The molecule has 0 fully saturated rings. The van der Waals surface area contributed by atoms with Gasteiger partial charge in [-0.2, -0.15) is 0 Å². The van der Waals surface area contributed by atoms with Gasteiger partial charge in [-0.05, 0) is 32.3 Å². The zero-order valence-corrected chi connectivity index (χ0v) is 7.91. The lowest BCUT2D eigenvalue weighted by atomic mass is 10.3. The number of H-pyrrole nitrogens is 1. The van der Waals surface area contributed by atoms with Crippen molar-refractivity contribution in [3.05, 3.63) is 30.1 Å². The van der Waals surface area contributed by atoms with Crippen LogP contribution in [0.1, 0.15) is 5.69 Å². The van der Waals surface area contributed by atoms with E-state index in [2.05, 4.69) is 35.0 Å². The van der Waals surface area contributed by atoms with Gasteiger partial charge in [-0.15, -0.1) is 0 Å². The van der Waals surface area contributed by atoms with Gasteiger partial charge < -0.3 is 9.88 Å². The molecule has 0 atom stereocenters. The van der Waals surface area contributed by atoms with Gasteiger partial charge in [0.15, 0.2) is 0 Å². The van der Waals surface area contributed by atoms with Crippen molar-refractivity contribution < 1.29 is 0 Å². The van der Waals surface area contributed by atoms with Gasteiger partial charge in [0.2, 0.25) is 0 Å². The van der Waals surface area contributed by atoms with Crippen LogP contribution in [0.5, 0.6) is 0 Å². The highest BCUT2D eigenvalue weighted by atomic mass is 15.1. The Kier molecular flexibility index (Phi) is 2.02. The third kappa shape index (κ3) is 1.70. The summed E-state index contributed by atoms with van der Waals surface area (Å²) < 4.78 is 0. The fourth-order valence-electron chi connectivity index (χ4n) is 1.44. The van der Waals surface area contributed by atoms with Gasteiger partial charge >= 0.3 is 0 Å². The number of hydrogen-bond acceptors (Lipinski definition) is 2. The topological polar surface area (TPSA) is 31.9 Å². The number of rotatable bonds is 2. The molecule has 68 valence electrons. The van der Waals surface area contributed by atoms with Crippen molar-refractivity contribution in [3.8, 4) is 0 Å². The first-order valence-electron chi connectivity index (χ1n) is 4.33. The molecule has 0 saturated carbocycles. The summed E-state index contributed by atoms with van der Waals surface area (Å²) in [5, 5.41) is 0. The molecule has 2 aromatic heterocycles. The predicted octanol–water partition coefficient (Wildman–Crippen LogP) is 1.62. The lowest BCUT2D eigenvalue weighted by Crippen LogP contribution is -2.10. The zero-order chi connectivity index (χ0) is 9.26. The average molecular weight is 175 g/mol. The molecule has 3 heteroatoms. The molecule has 0 aromatic carbocycles. The van der Waals surface area contributed by atoms with Crippen LogP contribution in [0.25, 0.3) is 11.0 Å². The highest BCUT2D eigenvalue weighted by molar-refractivity contribution is 5.75. The predicted molar refractivity (Wildman–Crippen MR) is 53.5 cm³/mol. The Morgan fingerprint density at radius 2 is 2.31 bits per heavy atom. The minimum Gasteiger partial charge on any atom is -0.356 e. The molecule has 0 bridgehead atoms. The Morgan fingerprint density at radius 1 is 1.46 bits per heavy atom. The van der Waals surface area contributed by atoms with Gasteiger partial charge in [0.05, 0.1) is 11.0 Å². The molecule has 3 nitrogen and oxygen atoms in total. The number of hydrogen-bond donors (Lipinski definition) is 1. The molecule has 2 rings (SSSR count). The number of fused-ring (bicyclic) bond motifs is 1. The second-order valence-corrected chi connectivity index (χ2v) is 3.47. The maximum absolute atomic E-state index is 4.26. The molecule has 0 radical (unpaired) electrons. The van der Waals surface area contributed by atoms with Crippen LogP contribution in [0.4, 0.5) is 0 Å². The van der Waals surface area contributed by atoms with Crippen LogP contribution >= 0.6 is 0 Å². The van der Waals surface area contributed by atoms with Gasteiger partial charge in [0.25, 0.3) is 0 Å². The lowest BCUT2D eigenvalue weighted by molar-refractivity contribution is 0.398. The van der Waals surface area contributed by atoms with Crippen LogP contribution in [-0.4, -0.2) is 29.0 Å². The summed E-state index contributed by atoms with van der Waals surface area (Å²) in [6.07, 6.45) is 1.82. The molecule has 2 heterocycles. The largest absolute Gasteiger partial charge is 0.356 e. The normalized spacial score (nSPS) is 11.3. The third-order valence-corrected chi connectivity index (χ3v) is 1.93. The second kappa shape index (κ2) is 3.18. The molecule has 0 unspecified atom stereocenters. The van der Waals surface area contributed by atoms with Crippen molar-refractivity contribution in [2.24, 2.45) is 0 Å². The van der Waals surface area contributed by atoms with Crippen molar-refractivity contribution in [1.29, 1.82) is 0 Å². The summed E-state index contributed by atoms with van der Waals surface area (Å²) in [7, 11) is 4.11. The smallest absolute Gasteiger partial charge is 0.0882 e. The van der Waals surface area contributed by atoms with Crippen molar-refractivity contribution in [1.82, 2.24) is 14.9 Å². The minimum absolute atomic E-state index is 0.927. The Morgan fingerprint density at radius 3 is 3.00 bits per heavy atom. The SMILES string of the molecule is CN(C)Cc1cc2ncccc2[nH]1. The summed E-state index contributed by atoms with van der Waals surface area (Å²) in [5.74, 6) is 0. The van der Waals surface area contributed by atoms with E-state index in [1.54, 1.807) is 0 Å². The van der Waals surface area contributed by atoms with Gasteiger partial charge in [0, 0.05) is 18.4 Å². The standard InChI is InChI=1S/C10H13N3/c1-13(2)7-8-6-10-9(12-8)4-3-5-11-10/h3-6,12H,7H2,1-2H3. The summed E-state index contributed by atoms with van der Waals surface area (Å²) in [6.45, 7) is 0.927. The summed E-state index contributed by atoms with van der Waals surface area (Å²) in [6, 6.07) is 6.08. The fourth-order valence-corrected chi connectivity index (χ4v) is 1.44. The van der Waals surface area contributed by atoms with Crippen LogP contribution in [0.2, 0.25) is 0 Å². The lowest BCUT2D eigenvalue weighted by Gasteiger charge is -2.06. The Labute approximate surface area is 77.4 Å². The number of aromatic nitrogens is 2. The van der Waals surface area contributed by atoms with Crippen LogP contribution in [-0.2, 0) is 6.54 Å². The minimum atomic E-state index is 0.927. The number of nitrogens with one attached hydrogen (secondary N) is 1. The number of pyridine rings is 1. The highest BCUT2D eigenvalue weighted by Crippen LogP contribution is 2.12. The first-order valence-corrected chi connectivity index (χ1v) is 4.33. The van der Waals surface area contributed by atoms with E-state index in [4.69, 9.17) is 0 Å². The quantitative estimate of drug-likeness (QED) is 0.752. The molecule has 0 saturated heterocycles. The Hall–Kier alpha value is -1.35. The van der Waals surface area contributed by atoms with Gasteiger partial charge in [-0.1, -0.05) is 0 Å². The molecule has 0 aliphatic heterocycles. The van der Waals surface area contributed by atoms with Gasteiger partial charge in [-0.25, -0.2) is 0 Å². The van der Waals surface area contributed by atoms with Crippen molar-refractivity contribution in [3.63, 3.8) is 0 Å². The second-order valence-electron chi connectivity index (χ2n) is 3.47. The molecule has 1 N–H and O–H groups in total. The average Bonchev–Trinajstić information content (AvgIpc) is 2.44. The summed E-state index contributed by atoms with van der Waals surface area (Å²) >= 11 is 0. The van der Waals surface area contributed by atoms with E-state index < -0.39 is 0 Å². The fraction of sp³-hybridized carbons (Fsp3) is 0.300. The van der Waals surface area contributed by atoms with E-state index in [0.717, 1.165) is 17.6 Å². The molecule has 0 aliphatic rings. The van der Waals surface area contributed by atoms with Crippen molar-refractivity contribution >= 4 is 11.0 Å². The zero-order valence-electron chi connectivity index (χ0n) is 7.91. The Balaban J connectivity index is 2.38. The maximum Gasteiger partial charge on any atom is 0.0882 e. The van der Waals surface area contributed by atoms with E-state index in [1.807, 2.05) is 18.3 Å². The maximum atomic E-state index is 4.26. The van der Waals surface area contributed by atoms with E-state index in [-0.39, 0.29) is 0 Å². The molecule has 0 aliphatic carbocycles. The first kappa shape index (κ1) is 8.26. The van der Waals surface area contributed by atoms with E-state index >= 15 is 0 Å². The van der Waals surface area contributed by atoms with E-state index in [1.165, 1.54) is 5.69 Å². The summed E-state index contributed by atoms with van der Waals surface area (Å²) in [4.78, 5) is 9.71.